The molecule has 2 nitrogen and oxygen atoms in total. The third kappa shape index (κ3) is 2.19. The Morgan fingerprint density at radius 2 is 1.67 bits per heavy atom. The fourth-order valence-corrected chi connectivity index (χ4v) is 3.50. The van der Waals surface area contributed by atoms with Crippen molar-refractivity contribution < 1.29 is 31.2 Å². The van der Waals surface area contributed by atoms with Crippen molar-refractivity contribution in [3.05, 3.63) is 35.4 Å². The Kier molecular flexibility index (Phi) is 3.57. The van der Waals surface area contributed by atoms with E-state index in [1.807, 2.05) is 0 Å². The van der Waals surface area contributed by atoms with Gasteiger partial charge in [0, 0.05) is 5.54 Å². The van der Waals surface area contributed by atoms with Gasteiger partial charge in [-0.3, -0.25) is 0 Å². The number of alkyl halides is 6. The SMILES string of the molecule is CC(C)(C)N1O[C@@](F)(C(F)(F)C(F)(F)F)[C@@H]2Cc3ccccc3[C@@H]21. The van der Waals surface area contributed by atoms with Gasteiger partial charge < -0.3 is 0 Å². The van der Waals surface area contributed by atoms with E-state index in [0.717, 1.165) is 5.06 Å². The van der Waals surface area contributed by atoms with E-state index in [-0.39, 0.29) is 6.42 Å². The van der Waals surface area contributed by atoms with E-state index < -0.39 is 35.5 Å². The first-order valence-corrected chi connectivity index (χ1v) is 7.50. The predicted octanol–water partition coefficient (Wildman–Crippen LogP) is 4.81. The third-order valence-electron chi connectivity index (χ3n) is 4.60. The van der Waals surface area contributed by atoms with E-state index in [9.17, 15) is 22.0 Å². The summed E-state index contributed by atoms with van der Waals surface area (Å²) in [7, 11) is 0. The fourth-order valence-electron chi connectivity index (χ4n) is 3.50. The molecule has 1 saturated heterocycles. The molecule has 0 radical (unpaired) electrons. The van der Waals surface area contributed by atoms with Crippen molar-refractivity contribution in [2.75, 3.05) is 0 Å². The van der Waals surface area contributed by atoms with Gasteiger partial charge in [0.1, 0.15) is 0 Å². The summed E-state index contributed by atoms with van der Waals surface area (Å²) in [5, 5.41) is 0.948. The topological polar surface area (TPSA) is 12.5 Å². The van der Waals surface area contributed by atoms with Gasteiger partial charge in [-0.25, -0.2) is 9.23 Å². The summed E-state index contributed by atoms with van der Waals surface area (Å²) in [6, 6.07) is 5.51. The Balaban J connectivity index is 2.14. The zero-order chi connectivity index (χ0) is 18.1. The summed E-state index contributed by atoms with van der Waals surface area (Å²) in [5.74, 6) is -11.4. The Bertz CT molecular complexity index is 653. The number of hydroxylamine groups is 2. The maximum atomic E-state index is 15.2. The highest BCUT2D eigenvalue weighted by Gasteiger charge is 2.80. The van der Waals surface area contributed by atoms with Gasteiger partial charge in [0.15, 0.2) is 0 Å². The maximum Gasteiger partial charge on any atom is 0.459 e. The lowest BCUT2D eigenvalue weighted by Crippen LogP contribution is -2.58. The minimum Gasteiger partial charge on any atom is -0.250 e. The standard InChI is InChI=1S/C16H17F6NO/c1-13(2,3)23-12-10-7-5-4-6-9(10)8-11(12)14(17,24-23)15(18,19)16(20,21)22/h4-7,11-12H,8H2,1-3H3/t11-,12+,14-/m1/s1. The molecule has 3 atom stereocenters. The second-order valence-corrected chi connectivity index (χ2v) is 7.26. The maximum absolute atomic E-state index is 15.2. The van der Waals surface area contributed by atoms with E-state index in [1.165, 1.54) is 0 Å². The van der Waals surface area contributed by atoms with E-state index in [0.29, 0.717) is 11.1 Å². The number of benzene rings is 1. The van der Waals surface area contributed by atoms with Crippen LogP contribution in [0.2, 0.25) is 0 Å². The van der Waals surface area contributed by atoms with E-state index in [1.54, 1.807) is 45.0 Å². The van der Waals surface area contributed by atoms with Gasteiger partial charge in [0.2, 0.25) is 0 Å². The van der Waals surface area contributed by atoms with Gasteiger partial charge in [-0.05, 0) is 38.3 Å². The molecule has 8 heteroatoms. The van der Waals surface area contributed by atoms with Crippen LogP contribution in [-0.2, 0) is 11.3 Å². The van der Waals surface area contributed by atoms with Crippen LogP contribution in [0.4, 0.5) is 26.3 Å². The van der Waals surface area contributed by atoms with Crippen molar-refractivity contribution >= 4 is 0 Å². The quantitative estimate of drug-likeness (QED) is 0.672. The van der Waals surface area contributed by atoms with Crippen LogP contribution in [0.5, 0.6) is 0 Å². The molecule has 1 aromatic rings. The lowest BCUT2D eigenvalue weighted by molar-refractivity contribution is -0.417. The first-order chi connectivity index (χ1) is 10.8. The minimum absolute atomic E-state index is 0.240. The molecular weight excluding hydrogens is 336 g/mol. The molecule has 0 unspecified atom stereocenters. The Hall–Kier alpha value is -1.28. The molecule has 3 rings (SSSR count). The number of hydrogen-bond acceptors (Lipinski definition) is 2. The average molecular weight is 353 g/mol. The summed E-state index contributed by atoms with van der Waals surface area (Å²) in [6.45, 7) is 4.72. The van der Waals surface area contributed by atoms with Crippen molar-refractivity contribution in [2.24, 2.45) is 5.92 Å². The predicted molar refractivity (Wildman–Crippen MR) is 73.9 cm³/mol. The van der Waals surface area contributed by atoms with Gasteiger partial charge in [-0.1, -0.05) is 24.3 Å². The lowest BCUT2D eigenvalue weighted by atomic mass is 9.88. The van der Waals surface area contributed by atoms with Gasteiger partial charge in [-0.2, -0.15) is 27.0 Å². The van der Waals surface area contributed by atoms with Gasteiger partial charge in [0.05, 0.1) is 12.0 Å². The van der Waals surface area contributed by atoms with Crippen LogP contribution in [0.15, 0.2) is 24.3 Å². The first kappa shape index (κ1) is 17.5. The van der Waals surface area contributed by atoms with E-state index in [2.05, 4.69) is 0 Å². The van der Waals surface area contributed by atoms with E-state index >= 15 is 4.39 Å². The molecule has 1 aliphatic heterocycles. The Morgan fingerprint density at radius 1 is 1.08 bits per heavy atom. The van der Waals surface area contributed by atoms with Crippen LogP contribution in [0.3, 0.4) is 0 Å². The van der Waals surface area contributed by atoms with Crippen molar-refractivity contribution in [3.63, 3.8) is 0 Å². The molecule has 1 aliphatic carbocycles. The molecule has 0 spiro atoms. The van der Waals surface area contributed by atoms with Gasteiger partial charge in [-0.15, -0.1) is 0 Å². The molecule has 0 amide bonds. The number of nitrogens with zero attached hydrogens (tertiary/aromatic N) is 1. The van der Waals surface area contributed by atoms with Crippen LogP contribution < -0.4 is 0 Å². The summed E-state index contributed by atoms with van der Waals surface area (Å²) in [6.07, 6.45) is -6.29. The van der Waals surface area contributed by atoms with Gasteiger partial charge >= 0.3 is 18.0 Å². The van der Waals surface area contributed by atoms with Crippen molar-refractivity contribution in [3.8, 4) is 0 Å². The summed E-state index contributed by atoms with van der Waals surface area (Å²) in [4.78, 5) is 4.73. The molecule has 1 fully saturated rings. The molecule has 0 N–H and O–H groups in total. The molecule has 2 aliphatic rings. The van der Waals surface area contributed by atoms with Crippen molar-refractivity contribution in [1.29, 1.82) is 0 Å². The first-order valence-electron chi connectivity index (χ1n) is 7.50. The lowest BCUT2D eigenvalue weighted by Gasteiger charge is -2.37. The van der Waals surface area contributed by atoms with E-state index in [4.69, 9.17) is 4.84 Å². The third-order valence-corrected chi connectivity index (χ3v) is 4.60. The van der Waals surface area contributed by atoms with Crippen LogP contribution >= 0.6 is 0 Å². The smallest absolute Gasteiger partial charge is 0.250 e. The monoisotopic (exact) mass is 353 g/mol. The normalized spacial score (nSPS) is 31.2. The molecule has 134 valence electrons. The zero-order valence-corrected chi connectivity index (χ0v) is 13.3. The summed E-state index contributed by atoms with van der Waals surface area (Å²) < 4.78 is 81.7. The summed E-state index contributed by atoms with van der Waals surface area (Å²) in [5.41, 5.74) is 0.121. The van der Waals surface area contributed by atoms with Crippen molar-refractivity contribution in [1.82, 2.24) is 5.06 Å². The van der Waals surface area contributed by atoms with Crippen LogP contribution in [0.25, 0.3) is 0 Å². The van der Waals surface area contributed by atoms with Gasteiger partial charge in [0.25, 0.3) is 0 Å². The molecular formula is C16H17F6NO. The number of hydrogen-bond donors (Lipinski definition) is 0. The second-order valence-electron chi connectivity index (χ2n) is 7.26. The fraction of sp³-hybridized carbons (Fsp3) is 0.625. The second kappa shape index (κ2) is 4.88. The average Bonchev–Trinajstić information content (AvgIpc) is 2.94. The number of fused-ring (bicyclic) bond motifs is 3. The Morgan fingerprint density at radius 3 is 2.21 bits per heavy atom. The highest BCUT2D eigenvalue weighted by atomic mass is 19.4. The Labute approximate surface area is 135 Å². The molecule has 1 heterocycles. The van der Waals surface area contributed by atoms with Crippen LogP contribution in [-0.4, -0.2) is 28.6 Å². The number of rotatable bonds is 1. The van der Waals surface area contributed by atoms with Crippen molar-refractivity contribution in [2.45, 2.75) is 56.7 Å². The number of halogens is 6. The molecule has 0 saturated carbocycles. The minimum atomic E-state index is -6.05. The van der Waals surface area contributed by atoms with Crippen LogP contribution in [0.1, 0.15) is 37.9 Å². The van der Waals surface area contributed by atoms with Crippen LogP contribution in [0, 0.1) is 5.92 Å². The molecule has 1 aromatic carbocycles. The molecule has 0 aromatic heterocycles. The zero-order valence-electron chi connectivity index (χ0n) is 13.3. The highest BCUT2D eigenvalue weighted by molar-refractivity contribution is 5.38. The molecule has 24 heavy (non-hydrogen) atoms. The molecule has 0 bridgehead atoms. The highest BCUT2D eigenvalue weighted by Crippen LogP contribution is 2.62. The largest absolute Gasteiger partial charge is 0.459 e. The summed E-state index contributed by atoms with van der Waals surface area (Å²) >= 11 is 0.